The molecular formula is C22H34N4O6S. The minimum absolute atomic E-state index is 0.0102. The number of rotatable bonds is 8. The third-order valence-electron chi connectivity index (χ3n) is 4.94. The van der Waals surface area contributed by atoms with Gasteiger partial charge in [0.15, 0.2) is 0 Å². The highest BCUT2D eigenvalue weighted by Crippen LogP contribution is 2.21. The Morgan fingerprint density at radius 3 is 2.58 bits per heavy atom. The van der Waals surface area contributed by atoms with Crippen LogP contribution in [0.15, 0.2) is 29.2 Å². The van der Waals surface area contributed by atoms with Gasteiger partial charge in [0.2, 0.25) is 21.8 Å². The minimum atomic E-state index is -3.85. The van der Waals surface area contributed by atoms with Crippen LogP contribution in [0.5, 0.6) is 0 Å². The molecule has 10 nitrogen and oxygen atoms in total. The number of benzene rings is 1. The van der Waals surface area contributed by atoms with Crippen molar-refractivity contribution in [2.24, 2.45) is 5.92 Å². The Hall–Kier alpha value is -2.66. The van der Waals surface area contributed by atoms with Crippen molar-refractivity contribution in [3.05, 3.63) is 24.3 Å². The number of hydrogen-bond acceptors (Lipinski definition) is 6. The molecule has 0 spiro atoms. The van der Waals surface area contributed by atoms with E-state index in [4.69, 9.17) is 4.74 Å². The van der Waals surface area contributed by atoms with E-state index in [2.05, 4.69) is 15.4 Å². The number of sulfonamides is 1. The van der Waals surface area contributed by atoms with Crippen LogP contribution in [0.4, 0.5) is 10.5 Å². The molecule has 1 aliphatic heterocycles. The molecule has 1 unspecified atom stereocenters. The highest BCUT2D eigenvalue weighted by atomic mass is 32.2. The number of nitrogens with one attached hydrogen (secondary N) is 3. The lowest BCUT2D eigenvalue weighted by molar-refractivity contribution is -0.134. The normalized spacial score (nSPS) is 16.7. The summed E-state index contributed by atoms with van der Waals surface area (Å²) in [6.07, 6.45) is 1.19. The van der Waals surface area contributed by atoms with Crippen LogP contribution in [-0.2, 0) is 24.3 Å². The second-order valence-electron chi connectivity index (χ2n) is 8.88. The molecule has 0 aliphatic carbocycles. The van der Waals surface area contributed by atoms with Crippen molar-refractivity contribution in [3.8, 4) is 0 Å². The molecule has 3 amide bonds. The first-order valence-corrected chi connectivity index (χ1v) is 12.5. The van der Waals surface area contributed by atoms with Gasteiger partial charge in [-0.25, -0.2) is 17.9 Å². The van der Waals surface area contributed by atoms with Crippen molar-refractivity contribution in [2.45, 2.75) is 57.5 Å². The van der Waals surface area contributed by atoms with E-state index >= 15 is 0 Å². The minimum Gasteiger partial charge on any atom is -0.444 e. The first-order valence-electron chi connectivity index (χ1n) is 11.1. The van der Waals surface area contributed by atoms with E-state index in [0.717, 1.165) is 6.42 Å². The van der Waals surface area contributed by atoms with Gasteiger partial charge in [-0.2, -0.15) is 0 Å². The van der Waals surface area contributed by atoms with Crippen LogP contribution in [0.1, 0.15) is 47.0 Å². The zero-order chi connectivity index (χ0) is 24.6. The zero-order valence-electron chi connectivity index (χ0n) is 19.6. The highest BCUT2D eigenvalue weighted by molar-refractivity contribution is 7.89. The average molecular weight is 483 g/mol. The topological polar surface area (TPSA) is 134 Å². The Morgan fingerprint density at radius 1 is 1.18 bits per heavy atom. The van der Waals surface area contributed by atoms with E-state index in [1.165, 1.54) is 18.2 Å². The SMILES string of the molecule is CCC(=O)N1CCCC(C(=O)Nc2cccc(S(=O)(=O)NCCNC(=O)OC(C)(C)C)c2)C1. The van der Waals surface area contributed by atoms with Crippen molar-refractivity contribution in [3.63, 3.8) is 0 Å². The molecule has 1 aliphatic rings. The second kappa shape index (κ2) is 11.5. The van der Waals surface area contributed by atoms with Gasteiger partial charge < -0.3 is 20.3 Å². The lowest BCUT2D eigenvalue weighted by Crippen LogP contribution is -2.43. The molecule has 1 atom stereocenters. The molecule has 1 aromatic carbocycles. The lowest BCUT2D eigenvalue weighted by atomic mass is 9.96. The van der Waals surface area contributed by atoms with Gasteiger partial charge in [0, 0.05) is 38.3 Å². The van der Waals surface area contributed by atoms with Crippen LogP contribution in [0.25, 0.3) is 0 Å². The van der Waals surface area contributed by atoms with Crippen molar-refractivity contribution < 1.29 is 27.5 Å². The van der Waals surface area contributed by atoms with Crippen LogP contribution < -0.4 is 15.4 Å². The number of nitrogens with zero attached hydrogens (tertiary/aromatic N) is 1. The van der Waals surface area contributed by atoms with Gasteiger partial charge in [-0.1, -0.05) is 13.0 Å². The molecule has 0 saturated carbocycles. The molecule has 3 N–H and O–H groups in total. The molecule has 33 heavy (non-hydrogen) atoms. The quantitative estimate of drug-likeness (QED) is 0.486. The fourth-order valence-electron chi connectivity index (χ4n) is 3.37. The fraction of sp³-hybridized carbons (Fsp3) is 0.591. The molecule has 1 heterocycles. The summed E-state index contributed by atoms with van der Waals surface area (Å²) in [6, 6.07) is 5.94. The third kappa shape index (κ3) is 8.65. The summed E-state index contributed by atoms with van der Waals surface area (Å²) in [5.74, 6) is -0.563. The van der Waals surface area contributed by atoms with Crippen molar-refractivity contribution in [1.29, 1.82) is 0 Å². The van der Waals surface area contributed by atoms with Crippen LogP contribution >= 0.6 is 0 Å². The van der Waals surface area contributed by atoms with E-state index in [-0.39, 0.29) is 35.7 Å². The fourth-order valence-corrected chi connectivity index (χ4v) is 4.45. The molecule has 0 radical (unpaired) electrons. The molecule has 184 valence electrons. The van der Waals surface area contributed by atoms with Gasteiger partial charge in [-0.3, -0.25) is 9.59 Å². The van der Waals surface area contributed by atoms with Crippen LogP contribution in [0.2, 0.25) is 0 Å². The summed E-state index contributed by atoms with van der Waals surface area (Å²) in [5.41, 5.74) is -0.288. The van der Waals surface area contributed by atoms with E-state index in [9.17, 15) is 22.8 Å². The maximum Gasteiger partial charge on any atom is 0.407 e. The Morgan fingerprint density at radius 2 is 1.91 bits per heavy atom. The molecule has 1 aromatic rings. The third-order valence-corrected chi connectivity index (χ3v) is 6.40. The zero-order valence-corrected chi connectivity index (χ0v) is 20.5. The van der Waals surface area contributed by atoms with Crippen molar-refractivity contribution in [1.82, 2.24) is 14.9 Å². The van der Waals surface area contributed by atoms with Crippen LogP contribution in [0.3, 0.4) is 0 Å². The average Bonchev–Trinajstić information content (AvgIpc) is 2.75. The highest BCUT2D eigenvalue weighted by Gasteiger charge is 2.28. The van der Waals surface area contributed by atoms with Gasteiger partial charge >= 0.3 is 6.09 Å². The Kier molecular flexibility index (Phi) is 9.24. The molecule has 0 aromatic heterocycles. The van der Waals surface area contributed by atoms with Gasteiger partial charge in [-0.15, -0.1) is 0 Å². The number of hydrogen-bond donors (Lipinski definition) is 3. The Bertz CT molecular complexity index is 958. The Balaban J connectivity index is 1.91. The molecule has 0 bridgehead atoms. The molecule has 1 saturated heterocycles. The summed E-state index contributed by atoms with van der Waals surface area (Å²) < 4.78 is 32.7. The molecule has 1 fully saturated rings. The second-order valence-corrected chi connectivity index (χ2v) is 10.6. The number of carbonyl (C=O) groups excluding carboxylic acids is 3. The lowest BCUT2D eigenvalue weighted by Gasteiger charge is -2.31. The predicted octanol–water partition coefficient (Wildman–Crippen LogP) is 2.08. The number of likely N-dealkylation sites (tertiary alicyclic amines) is 1. The maximum atomic E-state index is 12.7. The first-order chi connectivity index (χ1) is 15.4. The number of carbonyl (C=O) groups is 3. The maximum absolute atomic E-state index is 12.7. The smallest absolute Gasteiger partial charge is 0.407 e. The number of alkyl carbamates (subject to hydrolysis) is 1. The van der Waals surface area contributed by atoms with Crippen LogP contribution in [0, 0.1) is 5.92 Å². The largest absolute Gasteiger partial charge is 0.444 e. The standard InChI is InChI=1S/C22H34N4O6S/c1-5-19(27)26-13-7-8-16(15-26)20(28)25-17-9-6-10-18(14-17)33(30,31)24-12-11-23-21(29)32-22(2,3)4/h6,9-10,14,16,24H,5,7-8,11-13,15H2,1-4H3,(H,23,29)(H,25,28). The van der Waals surface area contributed by atoms with E-state index in [0.29, 0.717) is 31.6 Å². The summed E-state index contributed by atoms with van der Waals surface area (Å²) >= 11 is 0. The van der Waals surface area contributed by atoms with Crippen LogP contribution in [-0.4, -0.2) is 63.0 Å². The number of anilines is 1. The van der Waals surface area contributed by atoms with E-state index in [1.807, 2.05) is 0 Å². The van der Waals surface area contributed by atoms with Crippen molar-refractivity contribution >= 4 is 33.6 Å². The van der Waals surface area contributed by atoms with Crippen molar-refractivity contribution in [2.75, 3.05) is 31.5 Å². The number of ether oxygens (including phenoxy) is 1. The van der Waals surface area contributed by atoms with Gasteiger partial charge in [0.1, 0.15) is 5.60 Å². The number of amides is 3. The van der Waals surface area contributed by atoms with E-state index < -0.39 is 21.7 Å². The summed E-state index contributed by atoms with van der Waals surface area (Å²) in [5, 5.41) is 5.24. The first kappa shape index (κ1) is 26.6. The molecular weight excluding hydrogens is 448 g/mol. The number of piperidine rings is 1. The summed E-state index contributed by atoms with van der Waals surface area (Å²) in [7, 11) is -3.85. The molecule has 11 heteroatoms. The summed E-state index contributed by atoms with van der Waals surface area (Å²) in [6.45, 7) is 8.03. The van der Waals surface area contributed by atoms with Gasteiger partial charge in [0.25, 0.3) is 0 Å². The van der Waals surface area contributed by atoms with Gasteiger partial charge in [0.05, 0.1) is 10.8 Å². The van der Waals surface area contributed by atoms with E-state index in [1.54, 1.807) is 38.7 Å². The monoisotopic (exact) mass is 482 g/mol. The molecule has 2 rings (SSSR count). The summed E-state index contributed by atoms with van der Waals surface area (Å²) in [4.78, 5) is 38.0. The Labute approximate surface area is 195 Å². The predicted molar refractivity (Wildman–Crippen MR) is 124 cm³/mol. The van der Waals surface area contributed by atoms with Gasteiger partial charge in [-0.05, 0) is 51.8 Å².